The van der Waals surface area contributed by atoms with Gasteiger partial charge < -0.3 is 9.47 Å². The molecule has 22 heavy (non-hydrogen) atoms. The molecule has 0 aliphatic rings. The minimum Gasteiger partial charge on any atom is -0.425 e. The molecular formula is C15H21NO5S. The molecule has 1 unspecified atom stereocenters. The average molecular weight is 327 g/mol. The van der Waals surface area contributed by atoms with E-state index in [-0.39, 0.29) is 0 Å². The van der Waals surface area contributed by atoms with Crippen LogP contribution in [0, 0.1) is 0 Å². The van der Waals surface area contributed by atoms with Crippen molar-refractivity contribution in [3.63, 3.8) is 0 Å². The summed E-state index contributed by atoms with van der Waals surface area (Å²) in [5.74, 6) is -0.178. The van der Waals surface area contributed by atoms with E-state index in [1.807, 2.05) is 0 Å². The number of hydrogen-bond donors (Lipinski definition) is 0. The van der Waals surface area contributed by atoms with Crippen LogP contribution in [0.3, 0.4) is 0 Å². The van der Waals surface area contributed by atoms with E-state index in [1.54, 1.807) is 25.1 Å². The van der Waals surface area contributed by atoms with Gasteiger partial charge in [-0.3, -0.25) is 4.31 Å². The minimum absolute atomic E-state index is 0.329. The van der Waals surface area contributed by atoms with Crippen molar-refractivity contribution in [3.05, 3.63) is 36.9 Å². The highest BCUT2D eigenvalue weighted by atomic mass is 32.2. The van der Waals surface area contributed by atoms with Crippen LogP contribution in [0.4, 0.5) is 5.69 Å². The highest BCUT2D eigenvalue weighted by molar-refractivity contribution is 7.92. The molecule has 7 heteroatoms. The summed E-state index contributed by atoms with van der Waals surface area (Å²) < 4.78 is 34.4. The highest BCUT2D eigenvalue weighted by Gasteiger charge is 2.16. The summed E-state index contributed by atoms with van der Waals surface area (Å²) in [5, 5.41) is 0. The topological polar surface area (TPSA) is 72.9 Å². The van der Waals surface area contributed by atoms with E-state index < -0.39 is 22.1 Å². The van der Waals surface area contributed by atoms with Crippen molar-refractivity contribution in [1.82, 2.24) is 0 Å². The van der Waals surface area contributed by atoms with Gasteiger partial charge in [-0.25, -0.2) is 13.2 Å². The fraction of sp³-hybridized carbons (Fsp3) is 0.400. The molecule has 0 aliphatic heterocycles. The van der Waals surface area contributed by atoms with Crippen molar-refractivity contribution in [2.75, 3.05) is 24.2 Å². The zero-order chi connectivity index (χ0) is 16.8. The fourth-order valence-electron chi connectivity index (χ4n) is 1.51. The number of rotatable bonds is 8. The van der Waals surface area contributed by atoms with Gasteiger partial charge in [-0.15, -0.1) is 6.58 Å². The Morgan fingerprint density at radius 1 is 1.36 bits per heavy atom. The van der Waals surface area contributed by atoms with Gasteiger partial charge in [0.15, 0.2) is 6.10 Å². The molecular weight excluding hydrogens is 306 g/mol. The molecule has 0 bridgehead atoms. The molecule has 0 spiro atoms. The van der Waals surface area contributed by atoms with E-state index >= 15 is 0 Å². The molecule has 0 radical (unpaired) electrons. The molecule has 0 aromatic heterocycles. The molecule has 0 saturated carbocycles. The maximum atomic E-state index is 11.8. The van der Waals surface area contributed by atoms with Crippen LogP contribution >= 0.6 is 0 Å². The van der Waals surface area contributed by atoms with Crippen molar-refractivity contribution in [1.29, 1.82) is 0 Å². The van der Waals surface area contributed by atoms with Crippen LogP contribution in [0.5, 0.6) is 5.75 Å². The van der Waals surface area contributed by atoms with Crippen LogP contribution in [0.15, 0.2) is 36.9 Å². The van der Waals surface area contributed by atoms with Gasteiger partial charge in [-0.05, 0) is 37.6 Å². The lowest BCUT2D eigenvalue weighted by Crippen LogP contribution is -2.26. The Labute approximate surface area is 131 Å². The zero-order valence-corrected chi connectivity index (χ0v) is 13.8. The van der Waals surface area contributed by atoms with Crippen LogP contribution in [0.2, 0.25) is 0 Å². The standard InChI is InChI=1S/C15H21NO5S/c1-5-6-11-20-12(2)15(17)21-14-9-7-13(8-10-14)16(3)22(4,18)19/h5,7-10,12H,1,6,11H2,2-4H3. The van der Waals surface area contributed by atoms with E-state index in [1.165, 1.54) is 19.2 Å². The second-order valence-corrected chi connectivity index (χ2v) is 6.75. The van der Waals surface area contributed by atoms with E-state index in [9.17, 15) is 13.2 Å². The van der Waals surface area contributed by atoms with Crippen molar-refractivity contribution in [2.45, 2.75) is 19.4 Å². The summed E-state index contributed by atoms with van der Waals surface area (Å²) in [5.41, 5.74) is 0.484. The van der Waals surface area contributed by atoms with Gasteiger partial charge in [-0.2, -0.15) is 0 Å². The third kappa shape index (κ3) is 5.50. The zero-order valence-electron chi connectivity index (χ0n) is 13.0. The smallest absolute Gasteiger partial charge is 0.340 e. The van der Waals surface area contributed by atoms with E-state index in [0.29, 0.717) is 24.5 Å². The SMILES string of the molecule is C=CCCOC(C)C(=O)Oc1ccc(N(C)S(C)(=O)=O)cc1. The molecule has 0 N–H and O–H groups in total. The molecule has 122 valence electrons. The van der Waals surface area contributed by atoms with Gasteiger partial charge in [-0.1, -0.05) is 6.08 Å². The summed E-state index contributed by atoms with van der Waals surface area (Å²) in [6.45, 7) is 5.58. The minimum atomic E-state index is -3.32. The predicted octanol–water partition coefficient (Wildman–Crippen LogP) is 1.97. The summed E-state index contributed by atoms with van der Waals surface area (Å²) in [4.78, 5) is 11.8. The normalized spacial score (nSPS) is 12.5. The van der Waals surface area contributed by atoms with Gasteiger partial charge >= 0.3 is 5.97 Å². The number of benzene rings is 1. The van der Waals surface area contributed by atoms with Gasteiger partial charge in [0.2, 0.25) is 10.0 Å². The number of carbonyl (C=O) groups is 1. The number of hydrogen-bond acceptors (Lipinski definition) is 5. The van der Waals surface area contributed by atoms with E-state index in [4.69, 9.17) is 9.47 Å². The van der Waals surface area contributed by atoms with Crippen molar-refractivity contribution in [2.24, 2.45) is 0 Å². The van der Waals surface area contributed by atoms with Gasteiger partial charge in [0.1, 0.15) is 5.75 Å². The quantitative estimate of drug-likeness (QED) is 0.316. The van der Waals surface area contributed by atoms with Crippen LogP contribution in [-0.4, -0.2) is 40.4 Å². The van der Waals surface area contributed by atoms with Crippen molar-refractivity contribution >= 4 is 21.7 Å². The Kier molecular flexibility index (Phi) is 6.58. The Bertz CT molecular complexity index is 609. The second-order valence-electron chi connectivity index (χ2n) is 4.74. The molecule has 0 heterocycles. The van der Waals surface area contributed by atoms with Crippen molar-refractivity contribution in [3.8, 4) is 5.75 Å². The van der Waals surface area contributed by atoms with Crippen LogP contribution in [0.1, 0.15) is 13.3 Å². The number of esters is 1. The van der Waals surface area contributed by atoms with E-state index in [0.717, 1.165) is 10.6 Å². The first kappa shape index (κ1) is 18.2. The molecule has 6 nitrogen and oxygen atoms in total. The average Bonchev–Trinajstić information content (AvgIpc) is 2.46. The number of anilines is 1. The van der Waals surface area contributed by atoms with Crippen LogP contribution in [0.25, 0.3) is 0 Å². The third-order valence-corrected chi connectivity index (χ3v) is 4.14. The van der Waals surface area contributed by atoms with Crippen LogP contribution in [-0.2, 0) is 19.6 Å². The molecule has 0 amide bonds. The molecule has 0 fully saturated rings. The molecule has 0 aliphatic carbocycles. The van der Waals surface area contributed by atoms with Crippen molar-refractivity contribution < 1.29 is 22.7 Å². The molecule has 0 saturated heterocycles. The molecule has 1 rings (SSSR count). The second kappa shape index (κ2) is 7.95. The molecule has 1 aromatic carbocycles. The molecule has 1 atom stereocenters. The summed E-state index contributed by atoms with van der Waals surface area (Å²) >= 11 is 0. The Morgan fingerprint density at radius 3 is 2.45 bits per heavy atom. The lowest BCUT2D eigenvalue weighted by molar-refractivity contribution is -0.146. The van der Waals surface area contributed by atoms with E-state index in [2.05, 4.69) is 6.58 Å². The first-order valence-corrected chi connectivity index (χ1v) is 8.58. The van der Waals surface area contributed by atoms with Gasteiger partial charge in [0, 0.05) is 7.05 Å². The highest BCUT2D eigenvalue weighted by Crippen LogP contribution is 2.20. The monoisotopic (exact) mass is 327 g/mol. The predicted molar refractivity (Wildman–Crippen MR) is 85.6 cm³/mol. The Hall–Kier alpha value is -1.86. The Balaban J connectivity index is 2.64. The number of nitrogens with zero attached hydrogens (tertiary/aromatic N) is 1. The molecule has 1 aromatic rings. The van der Waals surface area contributed by atoms with Gasteiger partial charge in [0.05, 0.1) is 18.6 Å². The first-order valence-electron chi connectivity index (χ1n) is 6.74. The lowest BCUT2D eigenvalue weighted by Gasteiger charge is -2.17. The number of sulfonamides is 1. The number of carbonyl (C=O) groups excluding carboxylic acids is 1. The summed E-state index contributed by atoms with van der Waals surface area (Å²) in [6.07, 6.45) is 2.79. The third-order valence-electron chi connectivity index (χ3n) is 2.94. The lowest BCUT2D eigenvalue weighted by atomic mass is 10.3. The maximum absolute atomic E-state index is 11.8. The summed E-state index contributed by atoms with van der Waals surface area (Å²) in [7, 11) is -1.87. The Morgan fingerprint density at radius 2 is 1.95 bits per heavy atom. The largest absolute Gasteiger partial charge is 0.425 e. The fourth-order valence-corrected chi connectivity index (χ4v) is 2.02. The maximum Gasteiger partial charge on any atom is 0.340 e. The van der Waals surface area contributed by atoms with Crippen LogP contribution < -0.4 is 9.04 Å². The summed E-state index contributed by atoms with van der Waals surface area (Å²) in [6, 6.07) is 6.19. The first-order chi connectivity index (χ1) is 10.3. The van der Waals surface area contributed by atoms with Gasteiger partial charge in [0.25, 0.3) is 0 Å². The number of ether oxygens (including phenoxy) is 2.